The van der Waals surface area contributed by atoms with E-state index < -0.39 is 5.97 Å². The maximum atomic E-state index is 13.0. The van der Waals surface area contributed by atoms with E-state index in [1.54, 1.807) is 25.1 Å². The number of hydrazone groups is 1. The molecule has 0 N–H and O–H groups in total. The van der Waals surface area contributed by atoms with E-state index >= 15 is 0 Å². The van der Waals surface area contributed by atoms with Crippen LogP contribution < -0.4 is 9.91 Å². The third-order valence-corrected chi connectivity index (χ3v) is 4.29. The largest absolute Gasteiger partial charge is 0.466 e. The first-order valence-corrected chi connectivity index (χ1v) is 9.11. The average molecular weight is 377 g/mol. The topological polar surface area (TPSA) is 62.2 Å². The molecule has 1 amide bonds. The third-order valence-electron chi connectivity index (χ3n) is 4.29. The Hall–Kier alpha value is -3.41. The van der Waals surface area contributed by atoms with Crippen molar-refractivity contribution in [3.8, 4) is 0 Å². The number of nitrogens with zero attached hydrogens (tertiary/aromatic N) is 3. The molecule has 2 aromatic carbocycles. The molecular weight excluding hydrogens is 354 g/mol. The van der Waals surface area contributed by atoms with Gasteiger partial charge in [-0.2, -0.15) is 10.1 Å². The molecule has 0 unspecified atom stereocenters. The molecule has 1 heterocycles. The zero-order valence-electron chi connectivity index (χ0n) is 16.3. The number of anilines is 2. The Balaban J connectivity index is 1.95. The normalized spacial score (nSPS) is 15.0. The highest BCUT2D eigenvalue weighted by Crippen LogP contribution is 2.26. The number of esters is 1. The van der Waals surface area contributed by atoms with E-state index in [9.17, 15) is 9.59 Å². The first kappa shape index (κ1) is 19.4. The zero-order valence-corrected chi connectivity index (χ0v) is 16.3. The maximum absolute atomic E-state index is 13.0. The van der Waals surface area contributed by atoms with Gasteiger partial charge in [0.15, 0.2) is 0 Å². The van der Waals surface area contributed by atoms with Crippen LogP contribution in [0, 0.1) is 0 Å². The minimum atomic E-state index is -0.405. The molecule has 0 saturated heterocycles. The molecular formula is C22H23N3O3. The fraction of sp³-hybridized carbons (Fsp3) is 0.227. The van der Waals surface area contributed by atoms with E-state index in [1.165, 1.54) is 5.01 Å². The number of amides is 1. The van der Waals surface area contributed by atoms with Crippen molar-refractivity contribution in [3.05, 3.63) is 65.7 Å². The summed E-state index contributed by atoms with van der Waals surface area (Å²) in [5.41, 5.74) is 3.38. The molecule has 28 heavy (non-hydrogen) atoms. The Bertz CT molecular complexity index is 916. The Morgan fingerprint density at radius 1 is 1.11 bits per heavy atom. The van der Waals surface area contributed by atoms with Gasteiger partial charge in [0.2, 0.25) is 0 Å². The Morgan fingerprint density at radius 3 is 2.39 bits per heavy atom. The summed E-state index contributed by atoms with van der Waals surface area (Å²) in [7, 11) is 3.94. The van der Waals surface area contributed by atoms with Gasteiger partial charge in [0.25, 0.3) is 5.91 Å². The lowest BCUT2D eigenvalue weighted by atomic mass is 10.0. The molecule has 0 aromatic heterocycles. The summed E-state index contributed by atoms with van der Waals surface area (Å²) in [4.78, 5) is 27.0. The minimum Gasteiger partial charge on any atom is -0.466 e. The van der Waals surface area contributed by atoms with Crippen molar-refractivity contribution in [1.29, 1.82) is 0 Å². The van der Waals surface area contributed by atoms with Crippen LogP contribution in [-0.2, 0) is 14.3 Å². The van der Waals surface area contributed by atoms with Crippen LogP contribution in [0.5, 0.6) is 0 Å². The second-order valence-electron chi connectivity index (χ2n) is 6.52. The van der Waals surface area contributed by atoms with Crippen molar-refractivity contribution in [2.75, 3.05) is 30.6 Å². The van der Waals surface area contributed by atoms with Crippen molar-refractivity contribution in [3.63, 3.8) is 0 Å². The summed E-state index contributed by atoms with van der Waals surface area (Å²) in [6, 6.07) is 17.0. The molecule has 0 aliphatic carbocycles. The summed E-state index contributed by atoms with van der Waals surface area (Å²) in [5, 5.41) is 5.74. The molecule has 144 valence electrons. The van der Waals surface area contributed by atoms with Crippen molar-refractivity contribution in [2.45, 2.75) is 13.3 Å². The number of benzene rings is 2. The predicted molar refractivity (Wildman–Crippen MR) is 111 cm³/mol. The molecule has 0 spiro atoms. The monoisotopic (exact) mass is 377 g/mol. The molecule has 0 fully saturated rings. The van der Waals surface area contributed by atoms with Crippen LogP contribution in [-0.4, -0.2) is 38.3 Å². The van der Waals surface area contributed by atoms with Gasteiger partial charge in [0.05, 0.1) is 30.0 Å². The van der Waals surface area contributed by atoms with Gasteiger partial charge in [-0.05, 0) is 42.8 Å². The highest BCUT2D eigenvalue weighted by molar-refractivity contribution is 6.34. The van der Waals surface area contributed by atoms with Crippen LogP contribution >= 0.6 is 0 Å². The SMILES string of the molecule is CCOC(=O)CC1=NN(c2ccccc2)C(=O)C1=Cc1ccc(N(C)C)cc1. The average Bonchev–Trinajstić information content (AvgIpc) is 2.99. The van der Waals surface area contributed by atoms with Gasteiger partial charge in [-0.1, -0.05) is 30.3 Å². The highest BCUT2D eigenvalue weighted by Gasteiger charge is 2.32. The lowest BCUT2D eigenvalue weighted by molar-refractivity contribution is -0.141. The predicted octanol–water partition coefficient (Wildman–Crippen LogP) is 3.49. The molecule has 6 nitrogen and oxygen atoms in total. The number of rotatable bonds is 6. The van der Waals surface area contributed by atoms with E-state index in [0.717, 1.165) is 11.3 Å². The molecule has 0 radical (unpaired) electrons. The van der Waals surface area contributed by atoms with Crippen molar-refractivity contribution in [2.24, 2.45) is 5.10 Å². The Kier molecular flexibility index (Phi) is 5.89. The van der Waals surface area contributed by atoms with Crippen LogP contribution in [0.2, 0.25) is 0 Å². The third kappa shape index (κ3) is 4.28. The maximum Gasteiger partial charge on any atom is 0.311 e. The first-order valence-electron chi connectivity index (χ1n) is 9.11. The van der Waals surface area contributed by atoms with Gasteiger partial charge in [-0.25, -0.2) is 0 Å². The second kappa shape index (κ2) is 8.52. The van der Waals surface area contributed by atoms with E-state index in [1.807, 2.05) is 61.5 Å². The highest BCUT2D eigenvalue weighted by atomic mass is 16.5. The van der Waals surface area contributed by atoms with Crippen LogP contribution in [0.1, 0.15) is 18.9 Å². The molecule has 0 atom stereocenters. The van der Waals surface area contributed by atoms with Gasteiger partial charge in [-0.15, -0.1) is 0 Å². The first-order chi connectivity index (χ1) is 13.5. The summed E-state index contributed by atoms with van der Waals surface area (Å²) < 4.78 is 5.04. The van der Waals surface area contributed by atoms with Gasteiger partial charge < -0.3 is 9.64 Å². The smallest absolute Gasteiger partial charge is 0.311 e. The van der Waals surface area contributed by atoms with E-state index in [-0.39, 0.29) is 18.9 Å². The van der Waals surface area contributed by atoms with Gasteiger partial charge in [0, 0.05) is 19.8 Å². The summed E-state index contributed by atoms with van der Waals surface area (Å²) in [6.07, 6.45) is 1.72. The second-order valence-corrected chi connectivity index (χ2v) is 6.52. The molecule has 6 heteroatoms. The molecule has 3 rings (SSSR count). The van der Waals surface area contributed by atoms with E-state index in [4.69, 9.17) is 4.74 Å². The van der Waals surface area contributed by atoms with Crippen LogP contribution in [0.4, 0.5) is 11.4 Å². The number of hydrogen-bond acceptors (Lipinski definition) is 5. The number of para-hydroxylation sites is 1. The summed E-state index contributed by atoms with van der Waals surface area (Å²) in [6.45, 7) is 2.03. The fourth-order valence-electron chi connectivity index (χ4n) is 2.86. The Labute approximate surface area is 164 Å². The van der Waals surface area contributed by atoms with E-state index in [0.29, 0.717) is 17.0 Å². The number of carbonyl (C=O) groups excluding carboxylic acids is 2. The van der Waals surface area contributed by atoms with Crippen molar-refractivity contribution >= 4 is 35.0 Å². The molecule has 0 bridgehead atoms. The summed E-state index contributed by atoms with van der Waals surface area (Å²) in [5.74, 6) is -0.667. The molecule has 1 aliphatic heterocycles. The molecule has 0 saturated carbocycles. The molecule has 1 aliphatic rings. The van der Waals surface area contributed by atoms with Crippen molar-refractivity contribution in [1.82, 2.24) is 0 Å². The van der Waals surface area contributed by atoms with E-state index in [2.05, 4.69) is 5.10 Å². The lowest BCUT2D eigenvalue weighted by Crippen LogP contribution is -2.21. The number of ether oxygens (including phenoxy) is 1. The van der Waals surface area contributed by atoms with Gasteiger partial charge >= 0.3 is 5.97 Å². The van der Waals surface area contributed by atoms with Crippen LogP contribution in [0.3, 0.4) is 0 Å². The van der Waals surface area contributed by atoms with Crippen LogP contribution in [0.15, 0.2) is 65.3 Å². The summed E-state index contributed by atoms with van der Waals surface area (Å²) >= 11 is 0. The fourth-order valence-corrected chi connectivity index (χ4v) is 2.86. The number of carbonyl (C=O) groups is 2. The zero-order chi connectivity index (χ0) is 20.1. The standard InChI is InChI=1S/C22H23N3O3/c1-4-28-21(26)15-20-19(14-16-10-12-17(13-11-16)24(2)3)22(27)25(23-20)18-8-6-5-7-9-18/h5-14H,4,15H2,1-3H3. The quantitative estimate of drug-likeness (QED) is 0.571. The van der Waals surface area contributed by atoms with Gasteiger partial charge in [-0.3, -0.25) is 9.59 Å². The van der Waals surface area contributed by atoms with Gasteiger partial charge in [0.1, 0.15) is 0 Å². The minimum absolute atomic E-state index is 0.0511. The number of hydrogen-bond donors (Lipinski definition) is 0. The lowest BCUT2D eigenvalue weighted by Gasteiger charge is -2.12. The van der Waals surface area contributed by atoms with Crippen LogP contribution in [0.25, 0.3) is 6.08 Å². The van der Waals surface area contributed by atoms with Crippen molar-refractivity contribution < 1.29 is 14.3 Å². The molecule has 2 aromatic rings. The Morgan fingerprint density at radius 2 is 1.79 bits per heavy atom.